The summed E-state index contributed by atoms with van der Waals surface area (Å²) in [5, 5.41) is 0. The number of hydrogen-bond donors (Lipinski definition) is 0. The highest BCUT2D eigenvalue weighted by Crippen LogP contribution is 2.25. The van der Waals surface area contributed by atoms with Crippen molar-refractivity contribution in [1.29, 1.82) is 0 Å². The molecule has 1 aliphatic rings. The van der Waals surface area contributed by atoms with E-state index in [1.807, 2.05) is 0 Å². The SMILES string of the molecule is CC(=O)CCCCC(=O)C1CCCCC1. The third-order valence-corrected chi connectivity index (χ3v) is 3.26. The molecule has 0 atom stereocenters. The van der Waals surface area contributed by atoms with Crippen molar-refractivity contribution in [1.82, 2.24) is 0 Å². The molecule has 0 N–H and O–H groups in total. The Hall–Kier alpha value is -0.660. The summed E-state index contributed by atoms with van der Waals surface area (Å²) in [5.74, 6) is 1.02. The molecule has 0 aromatic heterocycles. The second kappa shape index (κ2) is 6.76. The van der Waals surface area contributed by atoms with Crippen LogP contribution in [-0.4, -0.2) is 11.6 Å². The monoisotopic (exact) mass is 210 g/mol. The third-order valence-electron chi connectivity index (χ3n) is 3.26. The normalized spacial score (nSPS) is 17.7. The highest BCUT2D eigenvalue weighted by Gasteiger charge is 2.20. The van der Waals surface area contributed by atoms with Gasteiger partial charge in [-0.15, -0.1) is 0 Å². The van der Waals surface area contributed by atoms with Crippen molar-refractivity contribution >= 4 is 11.6 Å². The number of ketones is 2. The van der Waals surface area contributed by atoms with Crippen LogP contribution in [0.1, 0.15) is 64.7 Å². The van der Waals surface area contributed by atoms with E-state index >= 15 is 0 Å². The minimum Gasteiger partial charge on any atom is -0.300 e. The van der Waals surface area contributed by atoms with Gasteiger partial charge in [0.1, 0.15) is 11.6 Å². The van der Waals surface area contributed by atoms with Gasteiger partial charge in [0.15, 0.2) is 0 Å². The van der Waals surface area contributed by atoms with Gasteiger partial charge >= 0.3 is 0 Å². The summed E-state index contributed by atoms with van der Waals surface area (Å²) in [7, 11) is 0. The molecule has 0 bridgehead atoms. The molecule has 2 nitrogen and oxygen atoms in total. The van der Waals surface area contributed by atoms with Gasteiger partial charge in [0.05, 0.1) is 0 Å². The van der Waals surface area contributed by atoms with Crippen molar-refractivity contribution in [3.63, 3.8) is 0 Å². The summed E-state index contributed by atoms with van der Waals surface area (Å²) in [6, 6.07) is 0. The lowest BCUT2D eigenvalue weighted by atomic mass is 9.84. The maximum atomic E-state index is 11.8. The molecule has 0 aromatic carbocycles. The Kier molecular flexibility index (Phi) is 5.59. The minimum absolute atomic E-state index is 0.236. The highest BCUT2D eigenvalue weighted by molar-refractivity contribution is 5.81. The molecule has 86 valence electrons. The molecule has 0 radical (unpaired) electrons. The lowest BCUT2D eigenvalue weighted by Gasteiger charge is -2.20. The topological polar surface area (TPSA) is 34.1 Å². The molecule has 0 heterocycles. The van der Waals surface area contributed by atoms with E-state index in [0.717, 1.165) is 25.7 Å². The van der Waals surface area contributed by atoms with E-state index in [-0.39, 0.29) is 5.78 Å². The first-order chi connectivity index (χ1) is 7.20. The number of rotatable bonds is 6. The molecule has 0 unspecified atom stereocenters. The van der Waals surface area contributed by atoms with Gasteiger partial charge in [-0.1, -0.05) is 19.3 Å². The zero-order valence-corrected chi connectivity index (χ0v) is 9.76. The van der Waals surface area contributed by atoms with Crippen LogP contribution < -0.4 is 0 Å². The van der Waals surface area contributed by atoms with E-state index in [1.54, 1.807) is 6.92 Å². The standard InChI is InChI=1S/C13H22O2/c1-11(14)7-5-6-10-13(15)12-8-3-2-4-9-12/h12H,2-10H2,1H3. The van der Waals surface area contributed by atoms with E-state index in [4.69, 9.17) is 0 Å². The van der Waals surface area contributed by atoms with Gasteiger partial charge in [-0.2, -0.15) is 0 Å². The van der Waals surface area contributed by atoms with Crippen LogP contribution in [0.3, 0.4) is 0 Å². The maximum Gasteiger partial charge on any atom is 0.135 e. The molecule has 2 heteroatoms. The number of carbonyl (C=O) groups excluding carboxylic acids is 2. The lowest BCUT2D eigenvalue weighted by Crippen LogP contribution is -2.17. The Labute approximate surface area is 92.4 Å². The van der Waals surface area contributed by atoms with Gasteiger partial charge in [0.2, 0.25) is 0 Å². The van der Waals surface area contributed by atoms with Crippen LogP contribution >= 0.6 is 0 Å². The summed E-state index contributed by atoms with van der Waals surface area (Å²) in [6.07, 6.45) is 9.07. The first-order valence-corrected chi connectivity index (χ1v) is 6.22. The maximum absolute atomic E-state index is 11.8. The summed E-state index contributed by atoms with van der Waals surface area (Å²) < 4.78 is 0. The lowest BCUT2D eigenvalue weighted by molar-refractivity contribution is -0.124. The average molecular weight is 210 g/mol. The Balaban J connectivity index is 2.09. The van der Waals surface area contributed by atoms with E-state index in [2.05, 4.69) is 0 Å². The summed E-state index contributed by atoms with van der Waals surface area (Å²) in [6.45, 7) is 1.61. The van der Waals surface area contributed by atoms with Crippen molar-refractivity contribution < 1.29 is 9.59 Å². The van der Waals surface area contributed by atoms with Crippen molar-refractivity contribution in [2.75, 3.05) is 0 Å². The van der Waals surface area contributed by atoms with E-state index < -0.39 is 0 Å². The Morgan fingerprint density at radius 2 is 1.60 bits per heavy atom. The zero-order chi connectivity index (χ0) is 11.1. The van der Waals surface area contributed by atoms with Crippen LogP contribution in [0.4, 0.5) is 0 Å². The fourth-order valence-corrected chi connectivity index (χ4v) is 2.30. The number of carbonyl (C=O) groups is 2. The van der Waals surface area contributed by atoms with Gasteiger partial charge in [-0.3, -0.25) is 4.79 Å². The molecule has 0 aliphatic heterocycles. The van der Waals surface area contributed by atoms with Gasteiger partial charge in [-0.25, -0.2) is 0 Å². The molecule has 0 aromatic rings. The summed E-state index contributed by atoms with van der Waals surface area (Å²) in [5.41, 5.74) is 0. The molecule has 0 spiro atoms. The van der Waals surface area contributed by atoms with Crippen LogP contribution in [0.15, 0.2) is 0 Å². The highest BCUT2D eigenvalue weighted by atomic mass is 16.1. The average Bonchev–Trinajstić information content (AvgIpc) is 2.25. The van der Waals surface area contributed by atoms with Crippen molar-refractivity contribution in [2.45, 2.75) is 64.7 Å². The number of Topliss-reactive ketones (excluding diaryl/α,β-unsaturated/α-hetero) is 2. The smallest absolute Gasteiger partial charge is 0.135 e. The van der Waals surface area contributed by atoms with Gasteiger partial charge in [0, 0.05) is 18.8 Å². The van der Waals surface area contributed by atoms with Gasteiger partial charge < -0.3 is 4.79 Å². The van der Waals surface area contributed by atoms with Crippen LogP contribution in [-0.2, 0) is 9.59 Å². The van der Waals surface area contributed by atoms with E-state index in [1.165, 1.54) is 19.3 Å². The van der Waals surface area contributed by atoms with Crippen LogP contribution in [0, 0.1) is 5.92 Å². The molecule has 1 fully saturated rings. The molecular weight excluding hydrogens is 188 g/mol. The quantitative estimate of drug-likeness (QED) is 0.630. The van der Waals surface area contributed by atoms with Crippen LogP contribution in [0.2, 0.25) is 0 Å². The molecule has 0 amide bonds. The largest absolute Gasteiger partial charge is 0.300 e. The summed E-state index contributed by atoms with van der Waals surface area (Å²) in [4.78, 5) is 22.5. The predicted molar refractivity (Wildman–Crippen MR) is 60.7 cm³/mol. The van der Waals surface area contributed by atoms with Crippen molar-refractivity contribution in [2.24, 2.45) is 5.92 Å². The fourth-order valence-electron chi connectivity index (χ4n) is 2.30. The predicted octanol–water partition coefficient (Wildman–Crippen LogP) is 3.29. The number of unbranched alkanes of at least 4 members (excludes halogenated alkanes) is 1. The first-order valence-electron chi connectivity index (χ1n) is 6.22. The van der Waals surface area contributed by atoms with Gasteiger partial charge in [0.25, 0.3) is 0 Å². The minimum atomic E-state index is 0.236. The molecule has 1 aliphatic carbocycles. The second-order valence-corrected chi connectivity index (χ2v) is 4.71. The van der Waals surface area contributed by atoms with E-state index in [9.17, 15) is 9.59 Å². The summed E-state index contributed by atoms with van der Waals surface area (Å²) >= 11 is 0. The molecule has 15 heavy (non-hydrogen) atoms. The van der Waals surface area contributed by atoms with E-state index in [0.29, 0.717) is 24.5 Å². The fraction of sp³-hybridized carbons (Fsp3) is 0.846. The van der Waals surface area contributed by atoms with Crippen LogP contribution in [0.25, 0.3) is 0 Å². The Morgan fingerprint density at radius 1 is 1.00 bits per heavy atom. The molecule has 0 saturated heterocycles. The first kappa shape index (κ1) is 12.4. The molecule has 1 rings (SSSR count). The van der Waals surface area contributed by atoms with Crippen LogP contribution in [0.5, 0.6) is 0 Å². The van der Waals surface area contributed by atoms with Crippen molar-refractivity contribution in [3.05, 3.63) is 0 Å². The molecule has 1 saturated carbocycles. The molecular formula is C13H22O2. The zero-order valence-electron chi connectivity index (χ0n) is 9.76. The van der Waals surface area contributed by atoms with Crippen molar-refractivity contribution in [3.8, 4) is 0 Å². The second-order valence-electron chi connectivity index (χ2n) is 4.71. The number of hydrogen-bond acceptors (Lipinski definition) is 2. The van der Waals surface area contributed by atoms with Gasteiger partial charge in [-0.05, 0) is 32.6 Å². The Morgan fingerprint density at radius 3 is 2.20 bits per heavy atom. The Bertz CT molecular complexity index is 215. The third kappa shape index (κ3) is 5.10.